The highest BCUT2D eigenvalue weighted by Gasteiger charge is 2.30. The second-order valence-corrected chi connectivity index (χ2v) is 8.02. The van der Waals surface area contributed by atoms with Crippen LogP contribution in [0.2, 0.25) is 0 Å². The average Bonchev–Trinajstić information content (AvgIpc) is 3.10. The summed E-state index contributed by atoms with van der Waals surface area (Å²) in [4.78, 5) is 10.8. The number of H-pyrrole nitrogens is 1. The van der Waals surface area contributed by atoms with E-state index >= 15 is 0 Å². The van der Waals surface area contributed by atoms with Gasteiger partial charge in [0.25, 0.3) is 0 Å². The van der Waals surface area contributed by atoms with Gasteiger partial charge in [0.2, 0.25) is 0 Å². The Morgan fingerprint density at radius 3 is 2.74 bits per heavy atom. The molecule has 0 aliphatic carbocycles. The molecule has 0 amide bonds. The molecule has 27 heavy (non-hydrogen) atoms. The van der Waals surface area contributed by atoms with Crippen LogP contribution in [-0.4, -0.2) is 30.2 Å². The number of methoxy groups -OCH3 is 1. The highest BCUT2D eigenvalue weighted by molar-refractivity contribution is 5.85. The minimum absolute atomic E-state index is 0.255. The summed E-state index contributed by atoms with van der Waals surface area (Å²) in [5.74, 6) is 0.745. The van der Waals surface area contributed by atoms with Crippen molar-refractivity contribution in [3.8, 4) is 5.75 Å². The Hall–Kier alpha value is -2.56. The Morgan fingerprint density at radius 1 is 1.26 bits per heavy atom. The largest absolute Gasteiger partial charge is 0.494 e. The van der Waals surface area contributed by atoms with Crippen LogP contribution in [0.25, 0.3) is 11.0 Å². The zero-order chi connectivity index (χ0) is 19.3. The molecule has 4 rings (SSSR count). The Balaban J connectivity index is 1.81. The first-order chi connectivity index (χ1) is 12.8. The number of benzene rings is 2. The van der Waals surface area contributed by atoms with E-state index in [-0.39, 0.29) is 11.6 Å². The zero-order valence-corrected chi connectivity index (χ0v) is 16.6. The van der Waals surface area contributed by atoms with Crippen molar-refractivity contribution in [1.29, 1.82) is 0 Å². The monoisotopic (exact) mass is 367 g/mol. The Morgan fingerprint density at radius 2 is 2.04 bits per heavy atom. The summed E-state index contributed by atoms with van der Waals surface area (Å²) in [5, 5.41) is 0. The van der Waals surface area contributed by atoms with Crippen LogP contribution in [-0.2, 0) is 11.8 Å². The molecule has 2 aromatic carbocycles. The van der Waals surface area contributed by atoms with Gasteiger partial charge in [-0.2, -0.15) is 0 Å². The molecule has 1 atom stereocenters. The van der Waals surface area contributed by atoms with Gasteiger partial charge in [0.1, 0.15) is 5.82 Å². The van der Waals surface area contributed by atoms with Gasteiger partial charge in [-0.25, -0.2) is 9.37 Å². The highest BCUT2D eigenvalue weighted by atomic mass is 19.1. The van der Waals surface area contributed by atoms with Gasteiger partial charge in [0, 0.05) is 29.8 Å². The molecule has 1 unspecified atom stereocenters. The topological polar surface area (TPSA) is 41.1 Å². The Bertz CT molecular complexity index is 1010. The zero-order valence-electron chi connectivity index (χ0n) is 16.6. The van der Waals surface area contributed by atoms with E-state index in [2.05, 4.69) is 49.8 Å². The fraction of sp³-hybridized carbons (Fsp3) is 0.409. The lowest BCUT2D eigenvalue weighted by Crippen LogP contribution is -2.33. The third kappa shape index (κ3) is 2.76. The number of aromatic amines is 1. The number of fused-ring (bicyclic) bond motifs is 3. The summed E-state index contributed by atoms with van der Waals surface area (Å²) in [5.41, 5.74) is 5.03. The maximum atomic E-state index is 14.2. The second kappa shape index (κ2) is 6.25. The summed E-state index contributed by atoms with van der Waals surface area (Å²) in [7, 11) is 3.62. The third-order valence-electron chi connectivity index (χ3n) is 6.05. The van der Waals surface area contributed by atoms with E-state index in [4.69, 9.17) is 9.72 Å². The van der Waals surface area contributed by atoms with Crippen molar-refractivity contribution in [1.82, 2.24) is 9.97 Å². The quantitative estimate of drug-likeness (QED) is 0.722. The number of hydrogen-bond donors (Lipinski definition) is 1. The van der Waals surface area contributed by atoms with Gasteiger partial charge in [-0.05, 0) is 63.4 Å². The molecule has 1 aliphatic rings. The lowest BCUT2D eigenvalue weighted by atomic mass is 9.84. The van der Waals surface area contributed by atoms with Crippen LogP contribution < -0.4 is 9.64 Å². The number of ether oxygens (including phenoxy) is 1. The van der Waals surface area contributed by atoms with Crippen LogP contribution in [0.5, 0.6) is 5.75 Å². The third-order valence-corrected chi connectivity index (χ3v) is 6.05. The summed E-state index contributed by atoms with van der Waals surface area (Å²) < 4.78 is 19.3. The number of nitrogens with one attached hydrogen (secondary N) is 1. The molecule has 0 saturated heterocycles. The standard InChI is InChI=1S/C22H26FN3O/c1-13-6-8-15-18(26(13)4)10-9-17-20(15)25-21(24-17)22(2,3)14-7-11-19(27-5)16(23)12-14/h7,9-13H,6,8H2,1-5H3,(H,24,25). The van der Waals surface area contributed by atoms with Crippen LogP contribution in [0.4, 0.5) is 10.1 Å². The maximum Gasteiger partial charge on any atom is 0.165 e. The minimum atomic E-state index is -0.452. The smallest absolute Gasteiger partial charge is 0.165 e. The molecule has 0 radical (unpaired) electrons. The number of nitrogens with zero attached hydrogens (tertiary/aromatic N) is 2. The fourth-order valence-corrected chi connectivity index (χ4v) is 3.97. The minimum Gasteiger partial charge on any atom is -0.494 e. The molecule has 2 heterocycles. The van der Waals surface area contributed by atoms with Gasteiger partial charge in [-0.3, -0.25) is 0 Å². The van der Waals surface area contributed by atoms with Crippen molar-refractivity contribution < 1.29 is 9.13 Å². The first kappa shape index (κ1) is 17.8. The number of aromatic nitrogens is 2. The highest BCUT2D eigenvalue weighted by Crippen LogP contribution is 2.37. The van der Waals surface area contributed by atoms with E-state index in [1.807, 2.05) is 6.07 Å². The van der Waals surface area contributed by atoms with E-state index in [1.54, 1.807) is 6.07 Å². The van der Waals surface area contributed by atoms with Gasteiger partial charge in [0.15, 0.2) is 11.6 Å². The molecule has 0 fully saturated rings. The molecule has 0 spiro atoms. The summed E-state index contributed by atoms with van der Waals surface area (Å²) in [6, 6.07) is 9.93. The molecule has 4 nitrogen and oxygen atoms in total. The van der Waals surface area contributed by atoms with Crippen LogP contribution in [0.15, 0.2) is 30.3 Å². The molecular formula is C22H26FN3O. The number of anilines is 1. The average molecular weight is 367 g/mol. The van der Waals surface area contributed by atoms with E-state index in [0.717, 1.165) is 35.3 Å². The Kier molecular flexibility index (Phi) is 4.13. The molecule has 0 bridgehead atoms. The van der Waals surface area contributed by atoms with E-state index < -0.39 is 5.41 Å². The van der Waals surface area contributed by atoms with Crippen LogP contribution in [0.3, 0.4) is 0 Å². The van der Waals surface area contributed by atoms with Crippen molar-refractivity contribution in [3.63, 3.8) is 0 Å². The second-order valence-electron chi connectivity index (χ2n) is 8.02. The predicted molar refractivity (Wildman–Crippen MR) is 107 cm³/mol. The van der Waals surface area contributed by atoms with Gasteiger partial charge in [-0.1, -0.05) is 6.07 Å². The number of imidazole rings is 1. The Labute approximate surface area is 159 Å². The van der Waals surface area contributed by atoms with Gasteiger partial charge < -0.3 is 14.6 Å². The van der Waals surface area contributed by atoms with Gasteiger partial charge >= 0.3 is 0 Å². The van der Waals surface area contributed by atoms with Crippen molar-refractivity contribution in [2.45, 2.75) is 45.1 Å². The van der Waals surface area contributed by atoms with Crippen LogP contribution in [0, 0.1) is 5.82 Å². The first-order valence-corrected chi connectivity index (χ1v) is 9.42. The van der Waals surface area contributed by atoms with Crippen molar-refractivity contribution in [2.24, 2.45) is 0 Å². The van der Waals surface area contributed by atoms with Crippen molar-refractivity contribution in [3.05, 3.63) is 53.1 Å². The molecule has 142 valence electrons. The summed E-state index contributed by atoms with van der Waals surface area (Å²) >= 11 is 0. The van der Waals surface area contributed by atoms with Gasteiger partial charge in [-0.15, -0.1) is 0 Å². The predicted octanol–water partition coefficient (Wildman–Crippen LogP) is 4.81. The number of aryl methyl sites for hydroxylation is 1. The SMILES string of the molecule is COc1ccc(C(C)(C)c2nc3c4c(ccc3[nH]2)N(C)C(C)CC4)cc1F. The normalized spacial score (nSPS) is 17.3. The van der Waals surface area contributed by atoms with Gasteiger partial charge in [0.05, 0.1) is 18.1 Å². The molecule has 5 heteroatoms. The van der Waals surface area contributed by atoms with E-state index in [0.29, 0.717) is 6.04 Å². The lowest BCUT2D eigenvalue weighted by molar-refractivity contribution is 0.385. The van der Waals surface area contributed by atoms with Crippen molar-refractivity contribution in [2.75, 3.05) is 19.1 Å². The fourth-order valence-electron chi connectivity index (χ4n) is 3.97. The van der Waals surface area contributed by atoms with Crippen LogP contribution >= 0.6 is 0 Å². The summed E-state index contributed by atoms with van der Waals surface area (Å²) in [6.07, 6.45) is 2.15. The number of halogens is 1. The molecule has 3 aromatic rings. The molecule has 1 aliphatic heterocycles. The number of hydrogen-bond acceptors (Lipinski definition) is 3. The van der Waals surface area contributed by atoms with E-state index in [1.165, 1.54) is 24.4 Å². The first-order valence-electron chi connectivity index (χ1n) is 9.42. The van der Waals surface area contributed by atoms with Crippen molar-refractivity contribution >= 4 is 16.7 Å². The van der Waals surface area contributed by atoms with E-state index in [9.17, 15) is 4.39 Å². The number of rotatable bonds is 3. The maximum absolute atomic E-state index is 14.2. The summed E-state index contributed by atoms with van der Waals surface area (Å²) in [6.45, 7) is 6.38. The molecule has 1 N–H and O–H groups in total. The molecule has 1 aromatic heterocycles. The molecule has 0 saturated carbocycles. The molecular weight excluding hydrogens is 341 g/mol. The lowest BCUT2D eigenvalue weighted by Gasteiger charge is -2.33. The van der Waals surface area contributed by atoms with Crippen LogP contribution in [0.1, 0.15) is 44.1 Å².